The number of fused-ring (bicyclic) bond motifs is 1. The number of benzene rings is 1. The molecule has 0 spiro atoms. The number of hydrogen-bond donors (Lipinski definition) is 1. The van der Waals surface area contributed by atoms with Crippen LogP contribution >= 0.6 is 11.6 Å². The highest BCUT2D eigenvalue weighted by atomic mass is 35.5. The summed E-state index contributed by atoms with van der Waals surface area (Å²) in [6.07, 6.45) is 0. The summed E-state index contributed by atoms with van der Waals surface area (Å²) in [7, 11) is 0. The fourth-order valence-corrected chi connectivity index (χ4v) is 1.68. The molecule has 0 amide bonds. The Morgan fingerprint density at radius 1 is 1.62 bits per heavy atom. The molecule has 1 aromatic carbocycles. The van der Waals surface area contributed by atoms with Crippen LogP contribution in [0.25, 0.3) is 0 Å². The zero-order valence-corrected chi connectivity index (χ0v) is 7.75. The first kappa shape index (κ1) is 8.81. The van der Waals surface area contributed by atoms with Crippen molar-refractivity contribution in [3.63, 3.8) is 0 Å². The smallest absolute Gasteiger partial charge is 0.123 e. The molecular formula is C9H10ClNO2. The normalized spacial score (nSPS) is 19.7. The molecule has 2 N–H and O–H groups in total. The van der Waals surface area contributed by atoms with Crippen LogP contribution in [0.15, 0.2) is 18.2 Å². The molecule has 1 atom stereocenters. The average Bonchev–Trinajstić information content (AvgIpc) is 2.49. The molecule has 0 aromatic heterocycles. The highest BCUT2D eigenvalue weighted by molar-refractivity contribution is 6.30. The van der Waals surface area contributed by atoms with Gasteiger partial charge in [-0.2, -0.15) is 0 Å². The van der Waals surface area contributed by atoms with E-state index in [1.54, 1.807) is 0 Å². The molecule has 0 bridgehead atoms. The lowest BCUT2D eigenvalue weighted by atomic mass is 10.0. The molecule has 1 heterocycles. The van der Waals surface area contributed by atoms with Gasteiger partial charge in [0.2, 0.25) is 0 Å². The van der Waals surface area contributed by atoms with Gasteiger partial charge in [0.15, 0.2) is 0 Å². The Morgan fingerprint density at radius 3 is 3.23 bits per heavy atom. The Kier molecular flexibility index (Phi) is 2.40. The highest BCUT2D eigenvalue weighted by Gasteiger charge is 2.24. The van der Waals surface area contributed by atoms with Crippen molar-refractivity contribution in [2.24, 2.45) is 5.90 Å². The second-order valence-corrected chi connectivity index (χ2v) is 3.46. The van der Waals surface area contributed by atoms with Crippen LogP contribution in [0.5, 0.6) is 5.75 Å². The van der Waals surface area contributed by atoms with E-state index in [9.17, 15) is 0 Å². The first-order valence-electron chi connectivity index (χ1n) is 4.05. The zero-order chi connectivity index (χ0) is 9.26. The van der Waals surface area contributed by atoms with Crippen LogP contribution in [0.1, 0.15) is 11.5 Å². The Morgan fingerprint density at radius 2 is 2.46 bits per heavy atom. The molecule has 0 saturated carbocycles. The van der Waals surface area contributed by atoms with Gasteiger partial charge < -0.3 is 9.57 Å². The van der Waals surface area contributed by atoms with Crippen molar-refractivity contribution in [2.45, 2.75) is 5.92 Å². The molecule has 0 radical (unpaired) electrons. The van der Waals surface area contributed by atoms with Crippen LogP contribution < -0.4 is 10.6 Å². The van der Waals surface area contributed by atoms with Crippen molar-refractivity contribution < 1.29 is 9.57 Å². The van der Waals surface area contributed by atoms with Gasteiger partial charge in [0.25, 0.3) is 0 Å². The summed E-state index contributed by atoms with van der Waals surface area (Å²) < 4.78 is 5.42. The first-order chi connectivity index (χ1) is 6.31. The van der Waals surface area contributed by atoms with Gasteiger partial charge >= 0.3 is 0 Å². The van der Waals surface area contributed by atoms with Crippen molar-refractivity contribution in [3.05, 3.63) is 28.8 Å². The minimum absolute atomic E-state index is 0.207. The molecule has 1 aromatic rings. The van der Waals surface area contributed by atoms with Crippen molar-refractivity contribution >= 4 is 11.6 Å². The lowest BCUT2D eigenvalue weighted by molar-refractivity contribution is 0.115. The van der Waals surface area contributed by atoms with E-state index >= 15 is 0 Å². The van der Waals surface area contributed by atoms with Crippen molar-refractivity contribution in [1.82, 2.24) is 0 Å². The van der Waals surface area contributed by atoms with Crippen LogP contribution in [-0.2, 0) is 4.84 Å². The van der Waals surface area contributed by atoms with Crippen molar-refractivity contribution in [3.8, 4) is 5.75 Å². The molecule has 1 unspecified atom stereocenters. The van der Waals surface area contributed by atoms with Crippen LogP contribution in [0.3, 0.4) is 0 Å². The highest BCUT2D eigenvalue weighted by Crippen LogP contribution is 2.35. The molecule has 1 aliphatic heterocycles. The SMILES string of the molecule is NOCC1COc2ccc(Cl)cc21. The number of nitrogens with two attached hydrogens (primary N) is 1. The standard InChI is InChI=1S/C9H10ClNO2/c10-7-1-2-9-8(3-7)6(4-12-9)5-13-11/h1-3,6H,4-5,11H2. The fourth-order valence-electron chi connectivity index (χ4n) is 1.50. The second kappa shape index (κ2) is 3.54. The predicted octanol–water partition coefficient (Wildman–Crippen LogP) is 1.71. The van der Waals surface area contributed by atoms with Crippen LogP contribution in [0.2, 0.25) is 5.02 Å². The molecule has 70 valence electrons. The van der Waals surface area contributed by atoms with E-state index in [4.69, 9.17) is 22.2 Å². The average molecular weight is 200 g/mol. The first-order valence-corrected chi connectivity index (χ1v) is 4.43. The molecule has 0 aliphatic carbocycles. The maximum absolute atomic E-state index is 5.86. The maximum Gasteiger partial charge on any atom is 0.123 e. The molecule has 3 nitrogen and oxygen atoms in total. The zero-order valence-electron chi connectivity index (χ0n) is 7.00. The summed E-state index contributed by atoms with van der Waals surface area (Å²) in [6, 6.07) is 5.58. The Balaban J connectivity index is 2.29. The minimum atomic E-state index is 0.207. The van der Waals surface area contributed by atoms with Gasteiger partial charge in [-0.15, -0.1) is 0 Å². The molecule has 0 saturated heterocycles. The van der Waals surface area contributed by atoms with E-state index in [-0.39, 0.29) is 5.92 Å². The monoisotopic (exact) mass is 199 g/mol. The van der Waals surface area contributed by atoms with Gasteiger partial charge in [-0.3, -0.25) is 0 Å². The minimum Gasteiger partial charge on any atom is -0.493 e. The maximum atomic E-state index is 5.86. The van der Waals surface area contributed by atoms with E-state index < -0.39 is 0 Å². The van der Waals surface area contributed by atoms with Gasteiger partial charge in [-0.25, -0.2) is 5.90 Å². The van der Waals surface area contributed by atoms with Crippen LogP contribution in [-0.4, -0.2) is 13.2 Å². The molecule has 13 heavy (non-hydrogen) atoms. The van der Waals surface area contributed by atoms with Crippen LogP contribution in [0, 0.1) is 0 Å². The lowest BCUT2D eigenvalue weighted by Gasteiger charge is -2.05. The summed E-state index contributed by atoms with van der Waals surface area (Å²) in [5, 5.41) is 0.714. The summed E-state index contributed by atoms with van der Waals surface area (Å²) in [5.74, 6) is 6.10. The molecule has 2 rings (SSSR count). The number of halogens is 1. The van der Waals surface area contributed by atoms with E-state index in [1.807, 2.05) is 18.2 Å². The number of ether oxygens (including phenoxy) is 1. The summed E-state index contributed by atoms with van der Waals surface area (Å²) in [5.41, 5.74) is 1.08. The molecule has 4 heteroatoms. The Labute approximate surface area is 81.3 Å². The number of rotatable bonds is 2. The Bertz CT molecular complexity index is 314. The van der Waals surface area contributed by atoms with Gasteiger partial charge in [-0.1, -0.05) is 11.6 Å². The quantitative estimate of drug-likeness (QED) is 0.738. The topological polar surface area (TPSA) is 44.5 Å². The summed E-state index contributed by atoms with van der Waals surface area (Å²) in [4.78, 5) is 4.60. The largest absolute Gasteiger partial charge is 0.493 e. The lowest BCUT2D eigenvalue weighted by Crippen LogP contribution is -2.12. The van der Waals surface area contributed by atoms with E-state index in [2.05, 4.69) is 4.84 Å². The van der Waals surface area contributed by atoms with Crippen molar-refractivity contribution in [1.29, 1.82) is 0 Å². The van der Waals surface area contributed by atoms with Crippen LogP contribution in [0.4, 0.5) is 0 Å². The van der Waals surface area contributed by atoms with Gasteiger partial charge in [0.1, 0.15) is 5.75 Å². The van der Waals surface area contributed by atoms with E-state index in [0.29, 0.717) is 18.2 Å². The third-order valence-electron chi connectivity index (χ3n) is 2.15. The predicted molar refractivity (Wildman–Crippen MR) is 49.8 cm³/mol. The number of hydrogen-bond acceptors (Lipinski definition) is 3. The molecule has 1 aliphatic rings. The van der Waals surface area contributed by atoms with Crippen molar-refractivity contribution in [2.75, 3.05) is 13.2 Å². The second-order valence-electron chi connectivity index (χ2n) is 3.02. The third kappa shape index (κ3) is 1.63. The van der Waals surface area contributed by atoms with Gasteiger partial charge in [0, 0.05) is 16.5 Å². The fraction of sp³-hybridized carbons (Fsp3) is 0.333. The Hall–Kier alpha value is -0.770. The van der Waals surface area contributed by atoms with E-state index in [0.717, 1.165) is 11.3 Å². The summed E-state index contributed by atoms with van der Waals surface area (Å²) in [6.45, 7) is 1.08. The molecular weight excluding hydrogens is 190 g/mol. The molecule has 0 fully saturated rings. The summed E-state index contributed by atoms with van der Waals surface area (Å²) >= 11 is 5.86. The van der Waals surface area contributed by atoms with E-state index in [1.165, 1.54) is 0 Å². The van der Waals surface area contributed by atoms with Gasteiger partial charge in [-0.05, 0) is 18.2 Å². The third-order valence-corrected chi connectivity index (χ3v) is 2.38. The van der Waals surface area contributed by atoms with Gasteiger partial charge in [0.05, 0.1) is 13.2 Å².